The predicted octanol–water partition coefficient (Wildman–Crippen LogP) is 1.89. The molecule has 0 spiro atoms. The van der Waals surface area contributed by atoms with Crippen molar-refractivity contribution in [2.24, 2.45) is 0 Å². The van der Waals surface area contributed by atoms with Crippen LogP contribution in [0.25, 0.3) is 0 Å². The summed E-state index contributed by atoms with van der Waals surface area (Å²) >= 11 is 0. The second-order valence-corrected chi connectivity index (χ2v) is 3.96. The van der Waals surface area contributed by atoms with E-state index in [1.165, 1.54) is 12.2 Å². The maximum absolute atomic E-state index is 11.3. The van der Waals surface area contributed by atoms with Gasteiger partial charge in [0.25, 0.3) is 0 Å². The number of hydrogen-bond donors (Lipinski definition) is 2. The molecule has 1 atom stereocenters. The standard InChI is InChI=1S/C13H16O3/c1-10-5-3-6-11(9-10)13(2,12(15)16)7-4-8-14/h3-7,9,14H,8H2,1-2H3,(H,15,16)/b7-4+. The summed E-state index contributed by atoms with van der Waals surface area (Å²) in [6.45, 7) is 3.38. The first-order chi connectivity index (χ1) is 7.50. The third-order valence-corrected chi connectivity index (χ3v) is 2.62. The molecule has 0 heterocycles. The van der Waals surface area contributed by atoms with Gasteiger partial charge in [-0.1, -0.05) is 42.0 Å². The molecular formula is C13H16O3. The Balaban J connectivity index is 3.21. The first-order valence-electron chi connectivity index (χ1n) is 5.10. The van der Waals surface area contributed by atoms with Crippen molar-refractivity contribution in [3.63, 3.8) is 0 Å². The highest BCUT2D eigenvalue weighted by molar-refractivity contribution is 5.83. The molecule has 16 heavy (non-hydrogen) atoms. The predicted molar refractivity (Wildman–Crippen MR) is 62.4 cm³/mol. The van der Waals surface area contributed by atoms with E-state index in [0.29, 0.717) is 5.56 Å². The van der Waals surface area contributed by atoms with E-state index in [1.807, 2.05) is 25.1 Å². The molecule has 1 aromatic rings. The number of aliphatic hydroxyl groups is 1. The minimum absolute atomic E-state index is 0.158. The van der Waals surface area contributed by atoms with Crippen molar-refractivity contribution in [2.75, 3.05) is 6.61 Å². The van der Waals surface area contributed by atoms with Gasteiger partial charge in [0.2, 0.25) is 0 Å². The lowest BCUT2D eigenvalue weighted by Crippen LogP contribution is -2.30. The number of carbonyl (C=O) groups is 1. The molecule has 0 aliphatic carbocycles. The van der Waals surface area contributed by atoms with E-state index in [0.717, 1.165) is 5.56 Å². The van der Waals surface area contributed by atoms with Gasteiger partial charge in [0.05, 0.1) is 6.61 Å². The van der Waals surface area contributed by atoms with Crippen molar-refractivity contribution in [3.8, 4) is 0 Å². The summed E-state index contributed by atoms with van der Waals surface area (Å²) < 4.78 is 0. The average molecular weight is 220 g/mol. The van der Waals surface area contributed by atoms with Crippen LogP contribution in [0, 0.1) is 6.92 Å². The van der Waals surface area contributed by atoms with Crippen molar-refractivity contribution in [1.29, 1.82) is 0 Å². The molecule has 0 saturated heterocycles. The van der Waals surface area contributed by atoms with Crippen molar-refractivity contribution in [3.05, 3.63) is 47.5 Å². The number of aliphatic carboxylic acids is 1. The second-order valence-electron chi connectivity index (χ2n) is 3.96. The van der Waals surface area contributed by atoms with Gasteiger partial charge in [0.15, 0.2) is 0 Å². The highest BCUT2D eigenvalue weighted by Gasteiger charge is 2.32. The fraction of sp³-hybridized carbons (Fsp3) is 0.308. The molecule has 0 aliphatic heterocycles. The second kappa shape index (κ2) is 4.94. The lowest BCUT2D eigenvalue weighted by molar-refractivity contribution is -0.141. The molecular weight excluding hydrogens is 204 g/mol. The van der Waals surface area contributed by atoms with Gasteiger partial charge >= 0.3 is 5.97 Å². The Labute approximate surface area is 95.0 Å². The zero-order chi connectivity index (χ0) is 12.2. The van der Waals surface area contributed by atoms with Gasteiger partial charge < -0.3 is 10.2 Å². The minimum Gasteiger partial charge on any atom is -0.480 e. The topological polar surface area (TPSA) is 57.5 Å². The molecule has 0 saturated carbocycles. The first-order valence-corrected chi connectivity index (χ1v) is 5.10. The summed E-state index contributed by atoms with van der Waals surface area (Å²) in [6.07, 6.45) is 2.97. The third kappa shape index (κ3) is 2.49. The number of aryl methyl sites for hydroxylation is 1. The van der Waals surface area contributed by atoms with Crippen LogP contribution in [0.4, 0.5) is 0 Å². The third-order valence-electron chi connectivity index (χ3n) is 2.62. The summed E-state index contributed by atoms with van der Waals surface area (Å²) in [6, 6.07) is 7.37. The Hall–Kier alpha value is -1.61. The fourth-order valence-electron chi connectivity index (χ4n) is 1.55. The number of aliphatic hydroxyl groups excluding tert-OH is 1. The SMILES string of the molecule is Cc1cccc(C(C)(/C=C/CO)C(=O)O)c1. The van der Waals surface area contributed by atoms with E-state index in [1.54, 1.807) is 13.0 Å². The van der Waals surface area contributed by atoms with Gasteiger partial charge in [-0.25, -0.2) is 0 Å². The molecule has 0 fully saturated rings. The van der Waals surface area contributed by atoms with Gasteiger partial charge in [0, 0.05) is 0 Å². The highest BCUT2D eigenvalue weighted by atomic mass is 16.4. The van der Waals surface area contributed by atoms with Crippen LogP contribution < -0.4 is 0 Å². The summed E-state index contributed by atoms with van der Waals surface area (Å²) in [5.41, 5.74) is 0.640. The zero-order valence-corrected chi connectivity index (χ0v) is 9.47. The minimum atomic E-state index is -1.09. The highest BCUT2D eigenvalue weighted by Crippen LogP contribution is 2.26. The van der Waals surface area contributed by atoms with Crippen molar-refractivity contribution < 1.29 is 15.0 Å². The lowest BCUT2D eigenvalue weighted by atomic mass is 9.81. The lowest BCUT2D eigenvalue weighted by Gasteiger charge is -2.21. The molecule has 0 amide bonds. The molecule has 2 N–H and O–H groups in total. The van der Waals surface area contributed by atoms with Crippen LogP contribution in [0.15, 0.2) is 36.4 Å². The average Bonchev–Trinajstić information content (AvgIpc) is 2.25. The molecule has 86 valence electrons. The van der Waals surface area contributed by atoms with Crippen molar-refractivity contribution >= 4 is 5.97 Å². The Morgan fingerprint density at radius 2 is 2.19 bits per heavy atom. The normalized spacial score (nSPS) is 14.9. The van der Waals surface area contributed by atoms with Crippen LogP contribution in [-0.4, -0.2) is 22.8 Å². The van der Waals surface area contributed by atoms with Gasteiger partial charge in [-0.15, -0.1) is 0 Å². The number of carboxylic acids is 1. The van der Waals surface area contributed by atoms with Crippen LogP contribution in [0.2, 0.25) is 0 Å². The number of carboxylic acid groups (broad SMARTS) is 1. The van der Waals surface area contributed by atoms with Crippen LogP contribution in [0.5, 0.6) is 0 Å². The summed E-state index contributed by atoms with van der Waals surface area (Å²) in [4.78, 5) is 11.3. The molecule has 0 radical (unpaired) electrons. The first kappa shape index (κ1) is 12.5. The van der Waals surface area contributed by atoms with Gasteiger partial charge in [0.1, 0.15) is 5.41 Å². The number of rotatable bonds is 4. The van der Waals surface area contributed by atoms with E-state index >= 15 is 0 Å². The van der Waals surface area contributed by atoms with Crippen LogP contribution in [0.3, 0.4) is 0 Å². The smallest absolute Gasteiger partial charge is 0.317 e. The number of hydrogen-bond acceptors (Lipinski definition) is 2. The largest absolute Gasteiger partial charge is 0.480 e. The summed E-state index contributed by atoms with van der Waals surface area (Å²) in [5, 5.41) is 18.0. The van der Waals surface area contributed by atoms with Crippen molar-refractivity contribution in [1.82, 2.24) is 0 Å². The Bertz CT molecular complexity index is 409. The maximum atomic E-state index is 11.3. The molecule has 1 rings (SSSR count). The molecule has 3 nitrogen and oxygen atoms in total. The monoisotopic (exact) mass is 220 g/mol. The summed E-state index contributed by atoms with van der Waals surface area (Å²) in [5.74, 6) is -0.928. The van der Waals surface area contributed by atoms with E-state index in [-0.39, 0.29) is 6.61 Å². The molecule has 0 aliphatic rings. The van der Waals surface area contributed by atoms with E-state index < -0.39 is 11.4 Å². The van der Waals surface area contributed by atoms with E-state index in [4.69, 9.17) is 5.11 Å². The molecule has 0 bridgehead atoms. The molecule has 0 aromatic heterocycles. The van der Waals surface area contributed by atoms with Gasteiger partial charge in [-0.05, 0) is 19.4 Å². The molecule has 1 aromatic carbocycles. The van der Waals surface area contributed by atoms with Crippen molar-refractivity contribution in [2.45, 2.75) is 19.3 Å². The Morgan fingerprint density at radius 1 is 1.50 bits per heavy atom. The van der Waals surface area contributed by atoms with Crippen LogP contribution in [0.1, 0.15) is 18.1 Å². The van der Waals surface area contributed by atoms with Crippen LogP contribution >= 0.6 is 0 Å². The number of benzene rings is 1. The van der Waals surface area contributed by atoms with E-state index in [9.17, 15) is 9.90 Å². The summed E-state index contributed by atoms with van der Waals surface area (Å²) in [7, 11) is 0. The Kier molecular flexibility index (Phi) is 3.85. The van der Waals surface area contributed by atoms with Gasteiger partial charge in [-0.3, -0.25) is 4.79 Å². The quantitative estimate of drug-likeness (QED) is 0.762. The molecule has 1 unspecified atom stereocenters. The van der Waals surface area contributed by atoms with Gasteiger partial charge in [-0.2, -0.15) is 0 Å². The molecule has 3 heteroatoms. The maximum Gasteiger partial charge on any atom is 0.317 e. The Morgan fingerprint density at radius 3 is 2.69 bits per heavy atom. The van der Waals surface area contributed by atoms with Crippen LogP contribution in [-0.2, 0) is 10.2 Å². The fourth-order valence-corrected chi connectivity index (χ4v) is 1.55. The van der Waals surface area contributed by atoms with E-state index in [2.05, 4.69) is 0 Å². The zero-order valence-electron chi connectivity index (χ0n) is 9.47.